The van der Waals surface area contributed by atoms with Gasteiger partial charge in [-0.05, 0) is 0 Å². The molecule has 11 heteroatoms. The Morgan fingerprint density at radius 2 is 1.27 bits per heavy atom. The summed E-state index contributed by atoms with van der Waals surface area (Å²) in [5, 5.41) is 15.7. The molecule has 0 heterocycles. The molecular formula is C4H15NO8S2. The highest BCUT2D eigenvalue weighted by Crippen LogP contribution is 1.76. The summed E-state index contributed by atoms with van der Waals surface area (Å²) >= 11 is 0. The third-order valence-corrected chi connectivity index (χ3v) is 2.07. The molecule has 0 radical (unpaired) electrons. The van der Waals surface area contributed by atoms with Gasteiger partial charge in [0.05, 0.1) is 34.8 Å². The summed E-state index contributed by atoms with van der Waals surface area (Å²) in [6.07, 6.45) is 0. The maximum absolute atomic E-state index is 9.63. The molecule has 0 aliphatic carbocycles. The van der Waals surface area contributed by atoms with Crippen molar-refractivity contribution in [2.24, 2.45) is 0 Å². The van der Waals surface area contributed by atoms with Gasteiger partial charge in [-0.15, -0.1) is 0 Å². The molecule has 15 heavy (non-hydrogen) atoms. The molecule has 0 unspecified atom stereocenters. The lowest BCUT2D eigenvalue weighted by Gasteiger charge is -2.00. The van der Waals surface area contributed by atoms with Crippen LogP contribution in [0.25, 0.3) is 0 Å². The predicted octanol–water partition coefficient (Wildman–Crippen LogP) is -2.23. The second-order valence-corrected chi connectivity index (χ2v) is 5.09. The van der Waals surface area contributed by atoms with Gasteiger partial charge in [-0.25, -0.2) is 8.42 Å². The van der Waals surface area contributed by atoms with Crippen molar-refractivity contribution in [2.45, 2.75) is 0 Å². The zero-order valence-corrected chi connectivity index (χ0v) is 9.66. The second kappa shape index (κ2) is 8.96. The first kappa shape index (κ1) is 20.2. The summed E-state index contributed by atoms with van der Waals surface area (Å²) in [4.78, 5) is 0. The van der Waals surface area contributed by atoms with E-state index in [0.29, 0.717) is 0 Å². The zero-order chi connectivity index (χ0) is 11.8. The van der Waals surface area contributed by atoms with Gasteiger partial charge in [0.1, 0.15) is 0 Å². The first-order chi connectivity index (χ1) is 6.12. The Labute approximate surface area is 87.8 Å². The predicted molar refractivity (Wildman–Crippen MR) is 51.1 cm³/mol. The lowest BCUT2D eigenvalue weighted by Crippen LogP contribution is -2.07. The average Bonchev–Trinajstić information content (AvgIpc) is 1.81. The van der Waals surface area contributed by atoms with Crippen LogP contribution < -0.4 is 6.15 Å². The Hall–Kier alpha value is -0.300. The van der Waals surface area contributed by atoms with Crippen molar-refractivity contribution in [2.75, 3.05) is 24.7 Å². The highest BCUT2D eigenvalue weighted by Gasteiger charge is 1.99. The van der Waals surface area contributed by atoms with Crippen LogP contribution in [-0.2, 0) is 20.2 Å². The number of aliphatic hydroxyl groups excluding tert-OH is 2. The van der Waals surface area contributed by atoms with Gasteiger partial charge in [0, 0.05) is 0 Å². The van der Waals surface area contributed by atoms with E-state index in [0.717, 1.165) is 0 Å². The van der Waals surface area contributed by atoms with E-state index in [-0.39, 0.29) is 6.15 Å². The number of hydrogen-bond donors (Lipinski definition) is 4. The Morgan fingerprint density at radius 3 is 1.27 bits per heavy atom. The van der Waals surface area contributed by atoms with Crippen molar-refractivity contribution >= 4 is 20.2 Å². The molecule has 96 valence electrons. The summed E-state index contributed by atoms with van der Waals surface area (Å²) in [5.74, 6) is -1.26. The zero-order valence-electron chi connectivity index (χ0n) is 8.03. The maximum Gasteiger partial charge on any atom is 0.267 e. The monoisotopic (exact) mass is 269 g/mol. The van der Waals surface area contributed by atoms with Gasteiger partial charge in [0.2, 0.25) is 0 Å². The van der Waals surface area contributed by atoms with Crippen LogP contribution in [0.4, 0.5) is 0 Å². The Balaban J connectivity index is -0.000000180. The van der Waals surface area contributed by atoms with Crippen LogP contribution in [0.15, 0.2) is 0 Å². The molecule has 0 aromatic rings. The SMILES string of the molecule is O=S(=O)(O)CCO.O=S(=O)([O-])CCO.[NH4+]. The number of aliphatic hydroxyl groups is 2. The Kier molecular flexibility index (Phi) is 12.0. The van der Waals surface area contributed by atoms with Crippen LogP contribution in [0.2, 0.25) is 0 Å². The standard InChI is InChI=1S/2C2H6O4S.H3N/c2*3-1-2-7(4,5)6;/h2*3H,1-2H2,(H,4,5,6);1H3. The third kappa shape index (κ3) is 31.6. The van der Waals surface area contributed by atoms with E-state index in [1.165, 1.54) is 0 Å². The molecule has 0 saturated carbocycles. The summed E-state index contributed by atoms with van der Waals surface area (Å²) in [5.41, 5.74) is 0. The molecule has 0 saturated heterocycles. The minimum Gasteiger partial charge on any atom is -0.748 e. The summed E-state index contributed by atoms with van der Waals surface area (Å²) in [6.45, 7) is -1.12. The van der Waals surface area contributed by atoms with Crippen LogP contribution in [0.5, 0.6) is 0 Å². The molecule has 9 nitrogen and oxygen atoms in total. The van der Waals surface area contributed by atoms with E-state index < -0.39 is 45.0 Å². The largest absolute Gasteiger partial charge is 0.748 e. The number of quaternary nitrogens is 1. The van der Waals surface area contributed by atoms with Crippen molar-refractivity contribution in [1.29, 1.82) is 0 Å². The summed E-state index contributed by atoms with van der Waals surface area (Å²) in [6, 6.07) is 0. The van der Waals surface area contributed by atoms with Gasteiger partial charge in [-0.2, -0.15) is 8.42 Å². The fourth-order valence-corrected chi connectivity index (χ4v) is 0.681. The first-order valence-corrected chi connectivity index (χ1v) is 6.41. The van der Waals surface area contributed by atoms with E-state index in [1.54, 1.807) is 0 Å². The van der Waals surface area contributed by atoms with E-state index in [4.69, 9.17) is 14.8 Å². The first-order valence-electron chi connectivity index (χ1n) is 3.23. The van der Waals surface area contributed by atoms with E-state index >= 15 is 0 Å². The van der Waals surface area contributed by atoms with Crippen molar-refractivity contribution in [3.8, 4) is 0 Å². The molecule has 0 rings (SSSR count). The summed E-state index contributed by atoms with van der Waals surface area (Å²) in [7, 11) is -8.10. The van der Waals surface area contributed by atoms with Crippen molar-refractivity contribution in [1.82, 2.24) is 6.15 Å². The normalized spacial score (nSPS) is 10.9. The highest BCUT2D eigenvalue weighted by atomic mass is 32.2. The fraction of sp³-hybridized carbons (Fsp3) is 1.00. The van der Waals surface area contributed by atoms with Gasteiger partial charge in [0.15, 0.2) is 0 Å². The number of rotatable bonds is 4. The highest BCUT2D eigenvalue weighted by molar-refractivity contribution is 7.86. The van der Waals surface area contributed by atoms with Gasteiger partial charge < -0.3 is 20.9 Å². The van der Waals surface area contributed by atoms with E-state index in [1.807, 2.05) is 0 Å². The molecular weight excluding hydrogens is 254 g/mol. The van der Waals surface area contributed by atoms with Gasteiger partial charge >= 0.3 is 0 Å². The quantitative estimate of drug-likeness (QED) is 0.412. The molecule has 0 aromatic heterocycles. The van der Waals surface area contributed by atoms with Crippen molar-refractivity contribution in [3.05, 3.63) is 0 Å². The Morgan fingerprint density at radius 1 is 0.933 bits per heavy atom. The maximum atomic E-state index is 9.63. The van der Waals surface area contributed by atoms with Crippen LogP contribution in [0.3, 0.4) is 0 Å². The van der Waals surface area contributed by atoms with Gasteiger partial charge in [0.25, 0.3) is 10.1 Å². The molecule has 7 N–H and O–H groups in total. The van der Waals surface area contributed by atoms with Crippen LogP contribution in [-0.4, -0.2) is 60.9 Å². The molecule has 0 aliphatic heterocycles. The minimum atomic E-state index is -4.17. The van der Waals surface area contributed by atoms with Gasteiger partial charge in [-0.3, -0.25) is 4.55 Å². The van der Waals surface area contributed by atoms with Crippen molar-refractivity contribution < 1.29 is 36.2 Å². The van der Waals surface area contributed by atoms with E-state index in [9.17, 15) is 21.4 Å². The van der Waals surface area contributed by atoms with Crippen LogP contribution in [0.1, 0.15) is 0 Å². The average molecular weight is 269 g/mol. The smallest absolute Gasteiger partial charge is 0.267 e. The van der Waals surface area contributed by atoms with Crippen LogP contribution >= 0.6 is 0 Å². The Bertz CT molecular complexity index is 285. The fourth-order valence-electron chi connectivity index (χ4n) is 0.227. The molecule has 0 aliphatic rings. The molecule has 0 bridgehead atoms. The summed E-state index contributed by atoms with van der Waals surface area (Å²) < 4.78 is 55.6. The van der Waals surface area contributed by atoms with Crippen molar-refractivity contribution in [3.63, 3.8) is 0 Å². The second-order valence-electron chi connectivity index (χ2n) is 2.00. The lowest BCUT2D eigenvalue weighted by atomic mass is 10.9. The lowest BCUT2D eigenvalue weighted by molar-refractivity contribution is 0.313. The minimum absolute atomic E-state index is 0. The molecule has 0 amide bonds. The molecule has 0 aromatic carbocycles. The topological polar surface area (TPSA) is 189 Å². The third-order valence-electron chi connectivity index (χ3n) is 0.691. The van der Waals surface area contributed by atoms with Gasteiger partial charge in [-0.1, -0.05) is 0 Å². The number of hydrogen-bond acceptors (Lipinski definition) is 7. The molecule has 0 fully saturated rings. The molecule has 0 spiro atoms. The van der Waals surface area contributed by atoms with Crippen LogP contribution in [0, 0.1) is 0 Å². The van der Waals surface area contributed by atoms with E-state index in [2.05, 4.69) is 0 Å². The molecule has 0 atom stereocenters.